The molecule has 0 amide bonds. The van der Waals surface area contributed by atoms with Gasteiger partial charge in [0.15, 0.2) is 0 Å². The Morgan fingerprint density at radius 3 is 2.71 bits per heavy atom. The average Bonchev–Trinajstić information content (AvgIpc) is 2.58. The van der Waals surface area contributed by atoms with Gasteiger partial charge in [-0.2, -0.15) is 5.10 Å². The highest BCUT2D eigenvalue weighted by atomic mass is 35.5. The zero-order valence-corrected chi connectivity index (χ0v) is 10.9. The molecule has 0 spiro atoms. The van der Waals surface area contributed by atoms with Crippen molar-refractivity contribution in [3.05, 3.63) is 40.4 Å². The molecule has 0 atom stereocenters. The maximum Gasteiger partial charge on any atom is 0.148 e. The number of aromatic nitrogens is 3. The van der Waals surface area contributed by atoms with Crippen LogP contribution in [0.4, 0.5) is 0 Å². The fourth-order valence-electron chi connectivity index (χ4n) is 1.86. The topological polar surface area (TPSA) is 42.7 Å². The maximum absolute atomic E-state index is 6.26. The third kappa shape index (κ3) is 2.33. The minimum atomic E-state index is 0.686. The van der Waals surface area contributed by atoms with E-state index in [2.05, 4.69) is 15.4 Å². The average molecular weight is 251 g/mol. The lowest BCUT2D eigenvalue weighted by molar-refractivity contribution is 0.774. The Hall–Kier alpha value is -1.39. The summed E-state index contributed by atoms with van der Waals surface area (Å²) < 4.78 is 1.80. The molecule has 0 bridgehead atoms. The van der Waals surface area contributed by atoms with E-state index < -0.39 is 0 Å². The molecule has 0 aliphatic carbocycles. The predicted molar refractivity (Wildman–Crippen MR) is 68.6 cm³/mol. The number of nitrogens with zero attached hydrogens (tertiary/aromatic N) is 3. The molecule has 0 unspecified atom stereocenters. The van der Waals surface area contributed by atoms with Gasteiger partial charge < -0.3 is 5.32 Å². The molecule has 0 saturated carbocycles. The van der Waals surface area contributed by atoms with Crippen molar-refractivity contribution in [2.24, 2.45) is 0 Å². The smallest absolute Gasteiger partial charge is 0.148 e. The minimum Gasteiger partial charge on any atom is -0.316 e. The molecule has 17 heavy (non-hydrogen) atoms. The van der Waals surface area contributed by atoms with Crippen molar-refractivity contribution in [3.63, 3.8) is 0 Å². The third-order valence-electron chi connectivity index (χ3n) is 2.52. The van der Waals surface area contributed by atoms with Crippen LogP contribution in [0.5, 0.6) is 0 Å². The van der Waals surface area contributed by atoms with Gasteiger partial charge >= 0.3 is 0 Å². The molecule has 1 aromatic heterocycles. The minimum absolute atomic E-state index is 0.686. The zero-order valence-electron chi connectivity index (χ0n) is 10.2. The number of rotatable bonds is 3. The van der Waals surface area contributed by atoms with E-state index in [1.165, 1.54) is 0 Å². The van der Waals surface area contributed by atoms with Crippen LogP contribution in [0.1, 0.15) is 17.2 Å². The van der Waals surface area contributed by atoms with Crippen molar-refractivity contribution >= 4 is 11.6 Å². The van der Waals surface area contributed by atoms with Gasteiger partial charge in [-0.05, 0) is 32.5 Å². The van der Waals surface area contributed by atoms with Crippen molar-refractivity contribution in [3.8, 4) is 5.69 Å². The standard InChI is InChI=1S/C12H15ClN4/c1-8-15-9(2)17(16-8)12-10(7-14-3)5-4-6-11(12)13/h4-6,14H,7H2,1-3H3. The zero-order chi connectivity index (χ0) is 12.4. The Morgan fingerprint density at radius 1 is 1.35 bits per heavy atom. The lowest BCUT2D eigenvalue weighted by Gasteiger charge is -2.11. The second kappa shape index (κ2) is 4.85. The van der Waals surface area contributed by atoms with Gasteiger partial charge in [-0.3, -0.25) is 0 Å². The fraction of sp³-hybridized carbons (Fsp3) is 0.333. The lowest BCUT2D eigenvalue weighted by Crippen LogP contribution is -2.11. The number of para-hydroxylation sites is 1. The molecule has 2 rings (SSSR count). The Morgan fingerprint density at radius 2 is 2.12 bits per heavy atom. The highest BCUT2D eigenvalue weighted by molar-refractivity contribution is 6.32. The predicted octanol–water partition coefficient (Wildman–Crippen LogP) is 2.26. The summed E-state index contributed by atoms with van der Waals surface area (Å²) in [4.78, 5) is 4.30. The van der Waals surface area contributed by atoms with Crippen LogP contribution < -0.4 is 5.32 Å². The Bertz CT molecular complexity index is 533. The SMILES string of the molecule is CNCc1cccc(Cl)c1-n1nc(C)nc1C. The van der Waals surface area contributed by atoms with E-state index >= 15 is 0 Å². The van der Waals surface area contributed by atoms with Crippen LogP contribution in [0.3, 0.4) is 0 Å². The summed E-state index contributed by atoms with van der Waals surface area (Å²) in [5.41, 5.74) is 2.01. The lowest BCUT2D eigenvalue weighted by atomic mass is 10.1. The van der Waals surface area contributed by atoms with Gasteiger partial charge in [0.2, 0.25) is 0 Å². The van der Waals surface area contributed by atoms with Crippen LogP contribution in [0.2, 0.25) is 5.02 Å². The molecular formula is C12H15ClN4. The molecule has 2 aromatic rings. The van der Waals surface area contributed by atoms with Crippen LogP contribution in [-0.2, 0) is 6.54 Å². The summed E-state index contributed by atoms with van der Waals surface area (Å²) in [6.07, 6.45) is 0. The largest absolute Gasteiger partial charge is 0.316 e. The van der Waals surface area contributed by atoms with E-state index in [1.807, 2.05) is 39.1 Å². The highest BCUT2D eigenvalue weighted by Crippen LogP contribution is 2.24. The summed E-state index contributed by atoms with van der Waals surface area (Å²) in [7, 11) is 1.91. The van der Waals surface area contributed by atoms with Crippen molar-refractivity contribution < 1.29 is 0 Å². The molecule has 4 nitrogen and oxygen atoms in total. The number of aryl methyl sites for hydroxylation is 2. The number of benzene rings is 1. The van der Waals surface area contributed by atoms with Gasteiger partial charge in [0, 0.05) is 6.54 Å². The fourth-order valence-corrected chi connectivity index (χ4v) is 2.14. The molecule has 0 saturated heterocycles. The molecule has 0 fully saturated rings. The van der Waals surface area contributed by atoms with Crippen molar-refractivity contribution in [1.82, 2.24) is 20.1 Å². The molecule has 1 aromatic carbocycles. The van der Waals surface area contributed by atoms with E-state index in [-0.39, 0.29) is 0 Å². The number of halogens is 1. The first-order chi connectivity index (χ1) is 8.13. The Labute approximate surface area is 106 Å². The van der Waals surface area contributed by atoms with E-state index in [4.69, 9.17) is 11.6 Å². The van der Waals surface area contributed by atoms with Crippen molar-refractivity contribution in [1.29, 1.82) is 0 Å². The van der Waals surface area contributed by atoms with Crippen LogP contribution >= 0.6 is 11.6 Å². The second-order valence-corrected chi connectivity index (χ2v) is 4.30. The molecule has 1 N–H and O–H groups in total. The number of hydrogen-bond acceptors (Lipinski definition) is 3. The third-order valence-corrected chi connectivity index (χ3v) is 2.83. The van der Waals surface area contributed by atoms with Gasteiger partial charge in [-0.15, -0.1) is 0 Å². The number of hydrogen-bond donors (Lipinski definition) is 1. The van der Waals surface area contributed by atoms with Crippen LogP contribution in [0, 0.1) is 13.8 Å². The molecule has 90 valence electrons. The first-order valence-electron chi connectivity index (χ1n) is 5.46. The van der Waals surface area contributed by atoms with Gasteiger partial charge in [-0.25, -0.2) is 9.67 Å². The summed E-state index contributed by atoms with van der Waals surface area (Å²) in [5.74, 6) is 1.59. The molecule has 0 aliphatic rings. The van der Waals surface area contributed by atoms with Gasteiger partial charge in [-0.1, -0.05) is 23.7 Å². The van der Waals surface area contributed by atoms with Crippen LogP contribution in [-0.4, -0.2) is 21.8 Å². The molecular weight excluding hydrogens is 236 g/mol. The Kier molecular flexibility index (Phi) is 3.45. The van der Waals surface area contributed by atoms with E-state index in [1.54, 1.807) is 4.68 Å². The van der Waals surface area contributed by atoms with E-state index in [0.29, 0.717) is 5.02 Å². The molecule has 5 heteroatoms. The highest BCUT2D eigenvalue weighted by Gasteiger charge is 2.12. The van der Waals surface area contributed by atoms with Crippen molar-refractivity contribution in [2.45, 2.75) is 20.4 Å². The summed E-state index contributed by atoms with van der Waals surface area (Å²) in [6.45, 7) is 4.54. The monoisotopic (exact) mass is 250 g/mol. The van der Waals surface area contributed by atoms with Crippen LogP contribution in [0.15, 0.2) is 18.2 Å². The summed E-state index contributed by atoms with van der Waals surface area (Å²) >= 11 is 6.26. The van der Waals surface area contributed by atoms with Gasteiger partial charge in [0.25, 0.3) is 0 Å². The number of nitrogens with one attached hydrogen (secondary N) is 1. The van der Waals surface area contributed by atoms with E-state index in [9.17, 15) is 0 Å². The molecule has 1 heterocycles. The van der Waals surface area contributed by atoms with E-state index in [0.717, 1.165) is 29.4 Å². The van der Waals surface area contributed by atoms with Crippen LogP contribution in [0.25, 0.3) is 5.69 Å². The summed E-state index contributed by atoms with van der Waals surface area (Å²) in [6, 6.07) is 5.85. The van der Waals surface area contributed by atoms with Crippen molar-refractivity contribution in [2.75, 3.05) is 7.05 Å². The quantitative estimate of drug-likeness (QED) is 0.909. The first-order valence-corrected chi connectivity index (χ1v) is 5.84. The van der Waals surface area contributed by atoms with Gasteiger partial charge in [0.05, 0.1) is 10.7 Å². The second-order valence-electron chi connectivity index (χ2n) is 3.90. The molecule has 0 aliphatic heterocycles. The maximum atomic E-state index is 6.26. The first kappa shape index (κ1) is 12.1. The molecule has 0 radical (unpaired) electrons. The summed E-state index contributed by atoms with van der Waals surface area (Å²) in [5, 5.41) is 8.19. The van der Waals surface area contributed by atoms with Gasteiger partial charge in [0.1, 0.15) is 11.6 Å². The Balaban J connectivity index is 2.61. The normalized spacial score (nSPS) is 10.8.